The van der Waals surface area contributed by atoms with Crippen LogP contribution in [0, 0.1) is 0 Å². The molecule has 0 aromatic rings. The summed E-state index contributed by atoms with van der Waals surface area (Å²) in [6, 6.07) is 0. The molecule has 0 aromatic heterocycles. The maximum absolute atomic E-state index is 11.8. The number of nitrogens with one attached hydrogen (secondary N) is 1. The van der Waals surface area contributed by atoms with E-state index in [-0.39, 0.29) is 25.4 Å². The summed E-state index contributed by atoms with van der Waals surface area (Å²) in [6.45, 7) is 4.70. The van der Waals surface area contributed by atoms with Gasteiger partial charge in [-0.3, -0.25) is 0 Å². The second-order valence-corrected chi connectivity index (χ2v) is 5.81. The highest BCUT2D eigenvalue weighted by Gasteiger charge is 2.30. The van der Waals surface area contributed by atoms with Gasteiger partial charge in [0.2, 0.25) is 0 Å². The van der Waals surface area contributed by atoms with Crippen molar-refractivity contribution >= 4 is 10.2 Å². The highest BCUT2D eigenvalue weighted by atomic mass is 32.2. The number of rotatable bonds is 5. The van der Waals surface area contributed by atoms with Crippen LogP contribution < -0.4 is 4.72 Å². The van der Waals surface area contributed by atoms with Crippen LogP contribution in [-0.4, -0.2) is 56.3 Å². The number of aliphatic hydroxyl groups excluding tert-OH is 1. The van der Waals surface area contributed by atoms with E-state index in [1.54, 1.807) is 0 Å². The predicted octanol–water partition coefficient (Wildman–Crippen LogP) is -0.688. The number of ether oxygens (including phenoxy) is 1. The first-order chi connectivity index (χ1) is 7.45. The van der Waals surface area contributed by atoms with E-state index in [9.17, 15) is 8.42 Å². The van der Waals surface area contributed by atoms with E-state index in [2.05, 4.69) is 4.72 Å². The fraction of sp³-hybridized carbons (Fsp3) is 1.00. The molecule has 96 valence electrons. The Morgan fingerprint density at radius 3 is 2.44 bits per heavy atom. The van der Waals surface area contributed by atoms with Gasteiger partial charge in [-0.1, -0.05) is 0 Å². The zero-order chi connectivity index (χ0) is 12.2. The van der Waals surface area contributed by atoms with E-state index in [0.29, 0.717) is 19.5 Å². The van der Waals surface area contributed by atoms with E-state index in [1.165, 1.54) is 4.31 Å². The third-order valence-electron chi connectivity index (χ3n) is 2.35. The number of aliphatic hydroxyl groups is 1. The van der Waals surface area contributed by atoms with Crippen molar-refractivity contribution in [1.29, 1.82) is 0 Å². The smallest absolute Gasteiger partial charge is 0.279 e. The van der Waals surface area contributed by atoms with Crippen LogP contribution in [0.15, 0.2) is 0 Å². The summed E-state index contributed by atoms with van der Waals surface area (Å²) < 4.78 is 33.0. The average molecular weight is 252 g/mol. The van der Waals surface area contributed by atoms with E-state index in [4.69, 9.17) is 9.84 Å². The molecule has 6 nitrogen and oxygen atoms in total. The van der Waals surface area contributed by atoms with Gasteiger partial charge in [-0.05, 0) is 20.3 Å². The van der Waals surface area contributed by atoms with E-state index in [0.717, 1.165) is 0 Å². The molecule has 2 atom stereocenters. The fourth-order valence-corrected chi connectivity index (χ4v) is 3.10. The van der Waals surface area contributed by atoms with E-state index >= 15 is 0 Å². The number of nitrogens with zero attached hydrogens (tertiary/aromatic N) is 1. The normalized spacial score (nSPS) is 28.2. The zero-order valence-electron chi connectivity index (χ0n) is 9.72. The van der Waals surface area contributed by atoms with Gasteiger partial charge in [-0.15, -0.1) is 0 Å². The van der Waals surface area contributed by atoms with Gasteiger partial charge in [0.05, 0.1) is 12.2 Å². The summed E-state index contributed by atoms with van der Waals surface area (Å²) in [5.41, 5.74) is 0. The summed E-state index contributed by atoms with van der Waals surface area (Å²) in [7, 11) is -3.43. The van der Waals surface area contributed by atoms with Gasteiger partial charge in [-0.2, -0.15) is 12.7 Å². The molecular formula is C9H20N2O4S. The Bertz CT molecular complexity index is 297. The molecule has 2 unspecified atom stereocenters. The minimum absolute atomic E-state index is 0.0154. The van der Waals surface area contributed by atoms with Crippen LogP contribution in [0.25, 0.3) is 0 Å². The molecule has 1 aliphatic heterocycles. The first-order valence-corrected chi connectivity index (χ1v) is 6.90. The molecule has 1 aliphatic rings. The molecule has 0 radical (unpaired) electrons. The van der Waals surface area contributed by atoms with Crippen molar-refractivity contribution in [3.63, 3.8) is 0 Å². The van der Waals surface area contributed by atoms with Gasteiger partial charge in [-0.25, -0.2) is 4.72 Å². The third-order valence-corrected chi connectivity index (χ3v) is 3.89. The monoisotopic (exact) mass is 252 g/mol. The van der Waals surface area contributed by atoms with E-state index in [1.807, 2.05) is 13.8 Å². The number of hydrogen-bond acceptors (Lipinski definition) is 4. The topological polar surface area (TPSA) is 78.9 Å². The SMILES string of the molecule is CC1CN(S(=O)(=O)NCCCO)CC(C)O1. The van der Waals surface area contributed by atoms with Crippen molar-refractivity contribution < 1.29 is 18.3 Å². The summed E-state index contributed by atoms with van der Waals surface area (Å²) in [4.78, 5) is 0. The number of morpholine rings is 1. The lowest BCUT2D eigenvalue weighted by molar-refractivity contribution is -0.0443. The maximum Gasteiger partial charge on any atom is 0.279 e. The molecule has 7 heteroatoms. The Morgan fingerprint density at radius 1 is 1.38 bits per heavy atom. The molecule has 16 heavy (non-hydrogen) atoms. The summed E-state index contributed by atoms with van der Waals surface area (Å²) in [5, 5.41) is 8.59. The molecular weight excluding hydrogens is 232 g/mol. The molecule has 0 amide bonds. The van der Waals surface area contributed by atoms with E-state index < -0.39 is 10.2 Å². The van der Waals surface area contributed by atoms with Crippen molar-refractivity contribution in [3.8, 4) is 0 Å². The van der Waals surface area contributed by atoms with Crippen LogP contribution in [0.5, 0.6) is 0 Å². The molecule has 0 bridgehead atoms. The van der Waals surface area contributed by atoms with Gasteiger partial charge >= 0.3 is 0 Å². The van der Waals surface area contributed by atoms with Crippen LogP contribution >= 0.6 is 0 Å². The Balaban J connectivity index is 2.53. The van der Waals surface area contributed by atoms with Crippen molar-refractivity contribution in [3.05, 3.63) is 0 Å². The lowest BCUT2D eigenvalue weighted by Crippen LogP contribution is -2.52. The third kappa shape index (κ3) is 3.99. The standard InChI is InChI=1S/C9H20N2O4S/c1-8-6-11(7-9(2)15-8)16(13,14)10-4-3-5-12/h8-10,12H,3-7H2,1-2H3. The van der Waals surface area contributed by atoms with Crippen LogP contribution in [0.4, 0.5) is 0 Å². The van der Waals surface area contributed by atoms with Gasteiger partial charge in [0.15, 0.2) is 0 Å². The first kappa shape index (κ1) is 13.9. The largest absolute Gasteiger partial charge is 0.396 e. The lowest BCUT2D eigenvalue weighted by atomic mass is 10.3. The van der Waals surface area contributed by atoms with Crippen LogP contribution in [0.3, 0.4) is 0 Å². The highest BCUT2D eigenvalue weighted by Crippen LogP contribution is 2.13. The van der Waals surface area contributed by atoms with Crippen molar-refractivity contribution in [1.82, 2.24) is 9.03 Å². The molecule has 0 saturated carbocycles. The molecule has 1 heterocycles. The van der Waals surface area contributed by atoms with Crippen LogP contribution in [0.1, 0.15) is 20.3 Å². The highest BCUT2D eigenvalue weighted by molar-refractivity contribution is 7.87. The Hall–Kier alpha value is -0.210. The van der Waals surface area contributed by atoms with Gasteiger partial charge in [0.1, 0.15) is 0 Å². The van der Waals surface area contributed by atoms with Gasteiger partial charge in [0, 0.05) is 26.2 Å². The van der Waals surface area contributed by atoms with Crippen LogP contribution in [0.2, 0.25) is 0 Å². The minimum Gasteiger partial charge on any atom is -0.396 e. The summed E-state index contributed by atoms with van der Waals surface area (Å²) >= 11 is 0. The summed E-state index contributed by atoms with van der Waals surface area (Å²) in [5.74, 6) is 0. The fourth-order valence-electron chi connectivity index (χ4n) is 1.70. The second kappa shape index (κ2) is 5.92. The van der Waals surface area contributed by atoms with Crippen molar-refractivity contribution in [2.45, 2.75) is 32.5 Å². The Morgan fingerprint density at radius 2 is 1.94 bits per heavy atom. The number of hydrogen-bond donors (Lipinski definition) is 2. The predicted molar refractivity (Wildman–Crippen MR) is 60.2 cm³/mol. The van der Waals surface area contributed by atoms with Crippen molar-refractivity contribution in [2.24, 2.45) is 0 Å². The van der Waals surface area contributed by atoms with Crippen molar-refractivity contribution in [2.75, 3.05) is 26.2 Å². The van der Waals surface area contributed by atoms with Gasteiger partial charge < -0.3 is 9.84 Å². The second-order valence-electron chi connectivity index (χ2n) is 4.05. The first-order valence-electron chi connectivity index (χ1n) is 5.46. The summed E-state index contributed by atoms with van der Waals surface area (Å²) in [6.07, 6.45) is 0.255. The maximum atomic E-state index is 11.8. The Labute approximate surface area is 96.8 Å². The molecule has 1 fully saturated rings. The molecule has 1 rings (SSSR count). The lowest BCUT2D eigenvalue weighted by Gasteiger charge is -2.34. The van der Waals surface area contributed by atoms with Gasteiger partial charge in [0.25, 0.3) is 10.2 Å². The van der Waals surface area contributed by atoms with Crippen LogP contribution in [-0.2, 0) is 14.9 Å². The molecule has 0 spiro atoms. The quantitative estimate of drug-likeness (QED) is 0.635. The Kier molecular flexibility index (Phi) is 5.13. The minimum atomic E-state index is -3.43. The molecule has 0 aliphatic carbocycles. The molecule has 2 N–H and O–H groups in total. The molecule has 0 aromatic carbocycles. The molecule has 1 saturated heterocycles. The zero-order valence-corrected chi connectivity index (χ0v) is 10.5. The average Bonchev–Trinajstić information content (AvgIpc) is 2.16.